The number of ether oxygens (including phenoxy) is 1. The number of fused-ring (bicyclic) bond motifs is 1. The highest BCUT2D eigenvalue weighted by Crippen LogP contribution is 2.32. The SMILES string of the molecule is CCOC(=O)c1ccccc1NC(=O)C[NH+]1CC[C@H]2CCCC[C@@H]2C1. The van der Waals surface area contributed by atoms with Crippen LogP contribution in [0.1, 0.15) is 49.4 Å². The molecule has 1 aromatic rings. The Morgan fingerprint density at radius 3 is 2.72 bits per heavy atom. The van der Waals surface area contributed by atoms with Crippen molar-refractivity contribution in [1.82, 2.24) is 0 Å². The van der Waals surface area contributed by atoms with Crippen LogP contribution >= 0.6 is 0 Å². The maximum atomic E-state index is 12.5. The second kappa shape index (κ2) is 8.48. The Morgan fingerprint density at radius 1 is 1.16 bits per heavy atom. The normalized spacial score (nSPS) is 25.7. The lowest BCUT2D eigenvalue weighted by Gasteiger charge is -2.38. The number of esters is 1. The quantitative estimate of drug-likeness (QED) is 0.802. The Labute approximate surface area is 149 Å². The molecule has 0 aromatic heterocycles. The van der Waals surface area contributed by atoms with Crippen LogP contribution < -0.4 is 10.2 Å². The van der Waals surface area contributed by atoms with E-state index >= 15 is 0 Å². The molecule has 5 heteroatoms. The van der Waals surface area contributed by atoms with E-state index in [-0.39, 0.29) is 5.91 Å². The molecule has 0 radical (unpaired) electrons. The lowest BCUT2D eigenvalue weighted by atomic mass is 9.75. The number of para-hydroxylation sites is 1. The first-order chi connectivity index (χ1) is 12.2. The fourth-order valence-corrected chi connectivity index (χ4v) is 4.36. The van der Waals surface area contributed by atoms with Gasteiger partial charge in [0.2, 0.25) is 0 Å². The van der Waals surface area contributed by atoms with Gasteiger partial charge < -0.3 is 15.0 Å². The van der Waals surface area contributed by atoms with Gasteiger partial charge in [0.1, 0.15) is 0 Å². The third-order valence-corrected chi connectivity index (χ3v) is 5.59. The first kappa shape index (κ1) is 17.9. The van der Waals surface area contributed by atoms with Gasteiger partial charge in [-0.15, -0.1) is 0 Å². The first-order valence-electron chi connectivity index (χ1n) is 9.57. The molecule has 1 heterocycles. The Hall–Kier alpha value is -1.88. The van der Waals surface area contributed by atoms with Crippen molar-refractivity contribution in [2.75, 3.05) is 31.6 Å². The lowest BCUT2D eigenvalue weighted by molar-refractivity contribution is -0.902. The van der Waals surface area contributed by atoms with Gasteiger partial charge in [0.05, 0.1) is 30.9 Å². The summed E-state index contributed by atoms with van der Waals surface area (Å²) >= 11 is 0. The van der Waals surface area contributed by atoms with Gasteiger partial charge in [-0.2, -0.15) is 0 Å². The summed E-state index contributed by atoms with van der Waals surface area (Å²) in [6.45, 7) is 4.75. The molecule has 0 spiro atoms. The van der Waals surface area contributed by atoms with E-state index in [1.807, 2.05) is 6.07 Å². The summed E-state index contributed by atoms with van der Waals surface area (Å²) < 4.78 is 5.06. The largest absolute Gasteiger partial charge is 0.462 e. The number of anilines is 1. The van der Waals surface area contributed by atoms with Crippen molar-refractivity contribution in [3.05, 3.63) is 29.8 Å². The molecular formula is C20H29N2O3+. The standard InChI is InChI=1S/C20H28N2O3/c1-2-25-20(24)17-9-5-6-10-18(17)21-19(23)14-22-12-11-15-7-3-4-8-16(15)13-22/h5-6,9-10,15-16H,2-4,7-8,11-14H2,1H3,(H,21,23)/p+1/t15-,16-/m1/s1. The zero-order valence-electron chi connectivity index (χ0n) is 15.1. The minimum atomic E-state index is -0.395. The number of benzene rings is 1. The summed E-state index contributed by atoms with van der Waals surface area (Å²) in [7, 11) is 0. The van der Waals surface area contributed by atoms with Gasteiger partial charge in [0.25, 0.3) is 5.91 Å². The van der Waals surface area contributed by atoms with Gasteiger partial charge in [-0.05, 0) is 44.2 Å². The van der Waals surface area contributed by atoms with Crippen LogP contribution in [0.5, 0.6) is 0 Å². The summed E-state index contributed by atoms with van der Waals surface area (Å²) in [5.41, 5.74) is 0.955. The molecule has 5 nitrogen and oxygen atoms in total. The Bertz CT molecular complexity index is 617. The Kier molecular flexibility index (Phi) is 6.08. The lowest BCUT2D eigenvalue weighted by Crippen LogP contribution is -3.15. The zero-order valence-corrected chi connectivity index (χ0v) is 15.1. The predicted molar refractivity (Wildman–Crippen MR) is 96.7 cm³/mol. The van der Waals surface area contributed by atoms with Crippen LogP contribution in [0.2, 0.25) is 0 Å². The fourth-order valence-electron chi connectivity index (χ4n) is 4.36. The van der Waals surface area contributed by atoms with E-state index in [4.69, 9.17) is 4.74 Å². The van der Waals surface area contributed by atoms with Crippen molar-refractivity contribution in [1.29, 1.82) is 0 Å². The molecule has 25 heavy (non-hydrogen) atoms. The Morgan fingerprint density at radius 2 is 1.92 bits per heavy atom. The molecule has 1 unspecified atom stereocenters. The van der Waals surface area contributed by atoms with Crippen molar-refractivity contribution in [3.8, 4) is 0 Å². The highest BCUT2D eigenvalue weighted by atomic mass is 16.5. The Balaban J connectivity index is 1.57. The number of piperidine rings is 1. The third-order valence-electron chi connectivity index (χ3n) is 5.59. The highest BCUT2D eigenvalue weighted by Gasteiger charge is 2.34. The monoisotopic (exact) mass is 345 g/mol. The molecule has 0 bridgehead atoms. The van der Waals surface area contributed by atoms with E-state index in [9.17, 15) is 9.59 Å². The third kappa shape index (κ3) is 4.60. The number of hydrogen-bond donors (Lipinski definition) is 2. The molecule has 2 aliphatic rings. The summed E-state index contributed by atoms with van der Waals surface area (Å²) in [6, 6.07) is 7.04. The average Bonchev–Trinajstić information content (AvgIpc) is 2.62. The summed E-state index contributed by atoms with van der Waals surface area (Å²) in [4.78, 5) is 25.9. The molecule has 1 aliphatic carbocycles. The van der Waals surface area contributed by atoms with Gasteiger partial charge in [0.15, 0.2) is 6.54 Å². The van der Waals surface area contributed by atoms with Gasteiger partial charge >= 0.3 is 5.97 Å². The molecule has 136 valence electrons. The second-order valence-corrected chi connectivity index (χ2v) is 7.29. The summed E-state index contributed by atoms with van der Waals surface area (Å²) in [5, 5.41) is 2.91. The van der Waals surface area contributed by atoms with Crippen LogP contribution in [-0.4, -0.2) is 38.1 Å². The molecule has 1 saturated carbocycles. The van der Waals surface area contributed by atoms with Gasteiger partial charge in [-0.3, -0.25) is 4.79 Å². The highest BCUT2D eigenvalue weighted by molar-refractivity contribution is 6.01. The van der Waals surface area contributed by atoms with Crippen molar-refractivity contribution in [2.24, 2.45) is 11.8 Å². The van der Waals surface area contributed by atoms with Crippen molar-refractivity contribution >= 4 is 17.6 Å². The van der Waals surface area contributed by atoms with E-state index in [0.717, 1.165) is 24.9 Å². The number of likely N-dealkylation sites (tertiary alicyclic amines) is 1. The van der Waals surface area contributed by atoms with Crippen LogP contribution in [0.3, 0.4) is 0 Å². The fraction of sp³-hybridized carbons (Fsp3) is 0.600. The molecule has 1 aromatic carbocycles. The number of hydrogen-bond acceptors (Lipinski definition) is 3. The van der Waals surface area contributed by atoms with E-state index < -0.39 is 5.97 Å². The van der Waals surface area contributed by atoms with Gasteiger partial charge in [-0.25, -0.2) is 4.79 Å². The number of amides is 1. The van der Waals surface area contributed by atoms with E-state index in [2.05, 4.69) is 5.32 Å². The van der Waals surface area contributed by atoms with Crippen molar-refractivity contribution in [2.45, 2.75) is 39.0 Å². The van der Waals surface area contributed by atoms with Crippen LogP contribution in [0.4, 0.5) is 5.69 Å². The van der Waals surface area contributed by atoms with Crippen molar-refractivity contribution in [3.63, 3.8) is 0 Å². The molecule has 3 atom stereocenters. The number of nitrogens with one attached hydrogen (secondary N) is 2. The molecule has 2 N–H and O–H groups in total. The number of quaternary nitrogens is 1. The average molecular weight is 345 g/mol. The molecule has 3 rings (SSSR count). The molecular weight excluding hydrogens is 316 g/mol. The second-order valence-electron chi connectivity index (χ2n) is 7.29. The van der Waals surface area contributed by atoms with Gasteiger partial charge in [-0.1, -0.05) is 25.0 Å². The first-order valence-corrected chi connectivity index (χ1v) is 9.57. The minimum Gasteiger partial charge on any atom is -0.462 e. The minimum absolute atomic E-state index is 0.0268. The summed E-state index contributed by atoms with van der Waals surface area (Å²) in [6.07, 6.45) is 6.65. The number of carbonyl (C=O) groups is 2. The van der Waals surface area contributed by atoms with E-state index in [1.54, 1.807) is 25.1 Å². The molecule has 1 saturated heterocycles. The summed E-state index contributed by atoms with van der Waals surface area (Å²) in [5.74, 6) is 1.25. The maximum absolute atomic E-state index is 12.5. The van der Waals surface area contributed by atoms with E-state index in [0.29, 0.717) is 24.4 Å². The van der Waals surface area contributed by atoms with Gasteiger partial charge in [0, 0.05) is 5.92 Å². The smallest absolute Gasteiger partial charge is 0.340 e. The van der Waals surface area contributed by atoms with Crippen LogP contribution in [0.15, 0.2) is 24.3 Å². The number of carbonyl (C=O) groups excluding carboxylic acids is 2. The van der Waals surface area contributed by atoms with Crippen molar-refractivity contribution < 1.29 is 19.2 Å². The number of rotatable bonds is 5. The molecule has 1 aliphatic heterocycles. The maximum Gasteiger partial charge on any atom is 0.340 e. The van der Waals surface area contributed by atoms with Crippen LogP contribution in [0.25, 0.3) is 0 Å². The van der Waals surface area contributed by atoms with Crippen LogP contribution in [-0.2, 0) is 9.53 Å². The van der Waals surface area contributed by atoms with Crippen LogP contribution in [0, 0.1) is 11.8 Å². The zero-order chi connectivity index (χ0) is 17.6. The van der Waals surface area contributed by atoms with E-state index in [1.165, 1.54) is 37.0 Å². The molecule has 1 amide bonds. The topological polar surface area (TPSA) is 59.8 Å². The molecule has 2 fully saturated rings. The predicted octanol–water partition coefficient (Wildman–Crippen LogP) is 1.90.